The summed E-state index contributed by atoms with van der Waals surface area (Å²) in [5.74, 6) is -0.297. The van der Waals surface area contributed by atoms with E-state index in [0.29, 0.717) is 17.1 Å². The maximum atomic E-state index is 12.8. The fourth-order valence-corrected chi connectivity index (χ4v) is 2.88. The van der Waals surface area contributed by atoms with Crippen molar-refractivity contribution < 1.29 is 9.59 Å². The quantitative estimate of drug-likeness (QED) is 0.883. The van der Waals surface area contributed by atoms with E-state index in [1.54, 1.807) is 31.2 Å². The Labute approximate surface area is 133 Å². The molecule has 1 atom stereocenters. The van der Waals surface area contributed by atoms with E-state index in [1.165, 1.54) is 0 Å². The number of halogens is 1. The third kappa shape index (κ3) is 2.46. The van der Waals surface area contributed by atoms with Crippen LogP contribution in [0.1, 0.15) is 12.5 Å². The molecule has 4 nitrogen and oxygen atoms in total. The summed E-state index contributed by atoms with van der Waals surface area (Å²) in [6, 6.07) is 16.0. The van der Waals surface area contributed by atoms with Crippen LogP contribution >= 0.6 is 11.6 Å². The van der Waals surface area contributed by atoms with Crippen LogP contribution in [0.4, 0.5) is 10.5 Å². The third-order valence-corrected chi connectivity index (χ3v) is 4.07. The minimum absolute atomic E-state index is 0.297. The molecule has 112 valence electrons. The number of hydrogen-bond donors (Lipinski definition) is 1. The second-order valence-electron chi connectivity index (χ2n) is 5.52. The molecule has 0 bridgehead atoms. The average Bonchev–Trinajstić information content (AvgIpc) is 2.71. The van der Waals surface area contributed by atoms with E-state index < -0.39 is 11.6 Å². The average molecular weight is 315 g/mol. The molecule has 1 aliphatic rings. The molecule has 0 saturated carbocycles. The Morgan fingerprint density at radius 3 is 2.36 bits per heavy atom. The smallest absolute Gasteiger partial charge is 0.323 e. The van der Waals surface area contributed by atoms with E-state index >= 15 is 0 Å². The molecule has 0 spiro atoms. The van der Waals surface area contributed by atoms with Crippen molar-refractivity contribution in [2.24, 2.45) is 0 Å². The van der Waals surface area contributed by atoms with E-state index in [9.17, 15) is 9.59 Å². The lowest BCUT2D eigenvalue weighted by Gasteiger charge is -2.22. The van der Waals surface area contributed by atoms with E-state index in [-0.39, 0.29) is 5.91 Å². The predicted octanol–water partition coefficient (Wildman–Crippen LogP) is 3.40. The zero-order valence-corrected chi connectivity index (χ0v) is 12.8. The van der Waals surface area contributed by atoms with Gasteiger partial charge in [-0.3, -0.25) is 4.79 Å². The van der Waals surface area contributed by atoms with Gasteiger partial charge in [0.05, 0.1) is 10.7 Å². The number of anilines is 1. The van der Waals surface area contributed by atoms with Gasteiger partial charge in [0, 0.05) is 6.42 Å². The first-order valence-electron chi connectivity index (χ1n) is 6.96. The number of urea groups is 1. The lowest BCUT2D eigenvalue weighted by atomic mass is 9.93. The molecule has 0 radical (unpaired) electrons. The number of para-hydroxylation sites is 1. The van der Waals surface area contributed by atoms with Crippen LogP contribution in [0.15, 0.2) is 54.6 Å². The fraction of sp³-hybridized carbons (Fsp3) is 0.176. The Bertz CT molecular complexity index is 732. The van der Waals surface area contributed by atoms with Gasteiger partial charge in [0.1, 0.15) is 5.54 Å². The lowest BCUT2D eigenvalue weighted by molar-refractivity contribution is -0.121. The monoisotopic (exact) mass is 314 g/mol. The van der Waals surface area contributed by atoms with Crippen molar-refractivity contribution in [3.63, 3.8) is 0 Å². The van der Waals surface area contributed by atoms with Gasteiger partial charge >= 0.3 is 6.03 Å². The van der Waals surface area contributed by atoms with Gasteiger partial charge in [-0.1, -0.05) is 54.1 Å². The number of imide groups is 1. The third-order valence-electron chi connectivity index (χ3n) is 3.75. The van der Waals surface area contributed by atoms with Crippen molar-refractivity contribution >= 4 is 29.2 Å². The number of rotatable bonds is 3. The fourth-order valence-electron chi connectivity index (χ4n) is 2.66. The highest BCUT2D eigenvalue weighted by Gasteiger charge is 2.48. The molecule has 1 heterocycles. The molecule has 3 rings (SSSR count). The number of nitrogens with one attached hydrogen (secondary N) is 1. The van der Waals surface area contributed by atoms with Gasteiger partial charge in [0.15, 0.2) is 0 Å². The molecule has 1 unspecified atom stereocenters. The van der Waals surface area contributed by atoms with Crippen LogP contribution in [-0.4, -0.2) is 17.5 Å². The number of carbonyl (C=O) groups excluding carboxylic acids is 2. The summed E-state index contributed by atoms with van der Waals surface area (Å²) in [5.41, 5.74) is 0.417. The van der Waals surface area contributed by atoms with Gasteiger partial charge in [-0.25, -0.2) is 9.69 Å². The Morgan fingerprint density at radius 2 is 1.68 bits per heavy atom. The molecule has 2 aromatic rings. The van der Waals surface area contributed by atoms with Crippen LogP contribution in [0, 0.1) is 0 Å². The standard InChI is InChI=1S/C17H15ClN2O2/c1-17(11-12-7-3-2-4-8-12)15(21)20(16(22)19-17)14-10-6-5-9-13(14)18/h2-10H,11H2,1H3,(H,19,22). The Hall–Kier alpha value is -2.33. The zero-order valence-electron chi connectivity index (χ0n) is 12.0. The molecule has 0 aliphatic carbocycles. The molecule has 0 aromatic heterocycles. The molecule has 1 aliphatic heterocycles. The summed E-state index contributed by atoms with van der Waals surface area (Å²) in [5, 5.41) is 3.15. The first kappa shape index (κ1) is 14.6. The minimum Gasteiger partial charge on any atom is -0.323 e. The van der Waals surface area contributed by atoms with Gasteiger partial charge in [-0.05, 0) is 24.6 Å². The van der Waals surface area contributed by atoms with E-state index in [1.807, 2.05) is 30.3 Å². The summed E-state index contributed by atoms with van der Waals surface area (Å²) >= 11 is 6.11. The number of amides is 3. The van der Waals surface area contributed by atoms with Crippen molar-refractivity contribution in [1.29, 1.82) is 0 Å². The van der Waals surface area contributed by atoms with Crippen molar-refractivity contribution in [3.05, 3.63) is 65.2 Å². The number of carbonyl (C=O) groups is 2. The Balaban J connectivity index is 1.93. The van der Waals surface area contributed by atoms with Crippen molar-refractivity contribution in [2.75, 3.05) is 4.90 Å². The minimum atomic E-state index is -0.975. The van der Waals surface area contributed by atoms with E-state index in [0.717, 1.165) is 10.5 Å². The first-order chi connectivity index (χ1) is 10.5. The van der Waals surface area contributed by atoms with Crippen LogP contribution in [-0.2, 0) is 11.2 Å². The summed E-state index contributed by atoms with van der Waals surface area (Å²) in [4.78, 5) is 26.2. The maximum absolute atomic E-state index is 12.8. The van der Waals surface area contributed by atoms with Gasteiger partial charge in [-0.15, -0.1) is 0 Å². The molecule has 3 amide bonds. The first-order valence-corrected chi connectivity index (χ1v) is 7.34. The van der Waals surface area contributed by atoms with Gasteiger partial charge in [0.25, 0.3) is 5.91 Å². The van der Waals surface area contributed by atoms with Gasteiger partial charge in [-0.2, -0.15) is 0 Å². The molecule has 1 saturated heterocycles. The van der Waals surface area contributed by atoms with Crippen molar-refractivity contribution in [1.82, 2.24) is 5.32 Å². The molecule has 2 aromatic carbocycles. The predicted molar refractivity (Wildman–Crippen MR) is 86.0 cm³/mol. The van der Waals surface area contributed by atoms with Gasteiger partial charge in [0.2, 0.25) is 0 Å². The maximum Gasteiger partial charge on any atom is 0.329 e. The highest BCUT2D eigenvalue weighted by molar-refractivity contribution is 6.36. The molecule has 5 heteroatoms. The lowest BCUT2D eigenvalue weighted by Crippen LogP contribution is -2.46. The normalized spacial score (nSPS) is 21.1. The number of hydrogen-bond acceptors (Lipinski definition) is 2. The van der Waals surface area contributed by atoms with Crippen LogP contribution in [0.3, 0.4) is 0 Å². The Kier molecular flexibility index (Phi) is 3.62. The summed E-state index contributed by atoms with van der Waals surface area (Å²) in [6.45, 7) is 1.73. The summed E-state index contributed by atoms with van der Waals surface area (Å²) in [6.07, 6.45) is 0.430. The molecule has 1 N–H and O–H groups in total. The molecule has 22 heavy (non-hydrogen) atoms. The molecular formula is C17H15ClN2O2. The number of nitrogens with zero attached hydrogens (tertiary/aromatic N) is 1. The van der Waals surface area contributed by atoms with Crippen molar-refractivity contribution in [3.8, 4) is 0 Å². The van der Waals surface area contributed by atoms with Crippen LogP contribution in [0.25, 0.3) is 0 Å². The highest BCUT2D eigenvalue weighted by Crippen LogP contribution is 2.32. The van der Waals surface area contributed by atoms with Crippen molar-refractivity contribution in [2.45, 2.75) is 18.9 Å². The van der Waals surface area contributed by atoms with E-state index in [2.05, 4.69) is 5.32 Å². The largest absolute Gasteiger partial charge is 0.329 e. The second-order valence-corrected chi connectivity index (χ2v) is 5.92. The highest BCUT2D eigenvalue weighted by atomic mass is 35.5. The number of benzene rings is 2. The molecule has 1 fully saturated rings. The topological polar surface area (TPSA) is 49.4 Å². The SMILES string of the molecule is CC1(Cc2ccccc2)NC(=O)N(c2ccccc2Cl)C1=O. The molecular weight excluding hydrogens is 300 g/mol. The summed E-state index contributed by atoms with van der Waals surface area (Å²) < 4.78 is 0. The second kappa shape index (κ2) is 5.46. The van der Waals surface area contributed by atoms with Gasteiger partial charge < -0.3 is 5.32 Å². The van der Waals surface area contributed by atoms with Crippen LogP contribution in [0.2, 0.25) is 5.02 Å². The van der Waals surface area contributed by atoms with Crippen LogP contribution in [0.5, 0.6) is 0 Å². The zero-order chi connectivity index (χ0) is 15.7. The van der Waals surface area contributed by atoms with E-state index in [4.69, 9.17) is 11.6 Å². The van der Waals surface area contributed by atoms with Crippen LogP contribution < -0.4 is 10.2 Å². The summed E-state index contributed by atoms with van der Waals surface area (Å²) in [7, 11) is 0. The Morgan fingerprint density at radius 1 is 1.05 bits per heavy atom.